The van der Waals surface area contributed by atoms with Crippen LogP contribution in [0.5, 0.6) is 0 Å². The fourth-order valence-corrected chi connectivity index (χ4v) is 1.56. The Hall–Kier alpha value is -0.610. The summed E-state index contributed by atoms with van der Waals surface area (Å²) in [5.41, 5.74) is 2.55. The number of carbonyl (C=O) groups is 1. The second-order valence-electron chi connectivity index (χ2n) is 4.32. The van der Waals surface area contributed by atoms with E-state index in [1.807, 2.05) is 0 Å². The zero-order chi connectivity index (χ0) is 12.8. The Morgan fingerprint density at radius 1 is 1.06 bits per heavy atom. The van der Waals surface area contributed by atoms with E-state index in [0.29, 0.717) is 19.4 Å². The van der Waals surface area contributed by atoms with Crippen molar-refractivity contribution in [3.63, 3.8) is 0 Å². The monoisotopic (exact) mass is 245 g/mol. The van der Waals surface area contributed by atoms with Crippen LogP contribution >= 0.6 is 0 Å². The van der Waals surface area contributed by atoms with E-state index < -0.39 is 0 Å². The first kappa shape index (κ1) is 16.4. The van der Waals surface area contributed by atoms with Crippen LogP contribution in [0.4, 0.5) is 0 Å². The van der Waals surface area contributed by atoms with Crippen molar-refractivity contribution >= 4 is 5.97 Å². The van der Waals surface area contributed by atoms with E-state index in [1.54, 1.807) is 0 Å². The number of hydroxylamine groups is 1. The molecule has 0 aromatic heterocycles. The van der Waals surface area contributed by atoms with Crippen molar-refractivity contribution in [2.24, 2.45) is 0 Å². The highest BCUT2D eigenvalue weighted by atomic mass is 16.7. The molecule has 0 bridgehead atoms. The minimum Gasteiger partial charge on any atom is -0.396 e. The molecule has 2 N–H and O–H groups in total. The number of rotatable bonds is 12. The summed E-state index contributed by atoms with van der Waals surface area (Å²) in [6.45, 7) is 2.83. The Bertz CT molecular complexity index is 174. The van der Waals surface area contributed by atoms with Gasteiger partial charge < -0.3 is 9.94 Å². The first-order valence-electron chi connectivity index (χ1n) is 6.84. The number of hydrogen-bond acceptors (Lipinski definition) is 4. The molecule has 102 valence electrons. The van der Waals surface area contributed by atoms with E-state index in [0.717, 1.165) is 12.8 Å². The van der Waals surface area contributed by atoms with Crippen LogP contribution < -0.4 is 5.48 Å². The molecule has 0 aliphatic rings. The van der Waals surface area contributed by atoms with Crippen LogP contribution in [0.1, 0.15) is 64.7 Å². The summed E-state index contributed by atoms with van der Waals surface area (Å²) >= 11 is 0. The lowest BCUT2D eigenvalue weighted by Crippen LogP contribution is -2.21. The molecule has 0 atom stereocenters. The molecular formula is C13H27NO3. The normalized spacial score (nSPS) is 10.5. The van der Waals surface area contributed by atoms with E-state index in [2.05, 4.69) is 12.4 Å². The zero-order valence-corrected chi connectivity index (χ0v) is 11.0. The molecule has 0 radical (unpaired) electrons. The predicted octanol–water partition coefficient (Wildman–Crippen LogP) is 2.56. The molecule has 0 aliphatic heterocycles. The summed E-state index contributed by atoms with van der Waals surface area (Å²) in [6.07, 6.45) is 9.49. The standard InChI is InChI=1S/C13H27NO3/c1-2-3-4-5-6-7-8-10-13(16)17-14-11-9-12-15/h14-15H,2-12H2,1H3. The van der Waals surface area contributed by atoms with Crippen LogP contribution in [0.15, 0.2) is 0 Å². The van der Waals surface area contributed by atoms with Gasteiger partial charge >= 0.3 is 5.97 Å². The lowest BCUT2D eigenvalue weighted by Gasteiger charge is -2.04. The number of carbonyl (C=O) groups excluding carboxylic acids is 1. The number of nitrogens with one attached hydrogen (secondary N) is 1. The van der Waals surface area contributed by atoms with Crippen LogP contribution in [-0.4, -0.2) is 24.2 Å². The molecule has 0 rings (SSSR count). The van der Waals surface area contributed by atoms with Gasteiger partial charge in [0.25, 0.3) is 0 Å². The van der Waals surface area contributed by atoms with Gasteiger partial charge in [0.1, 0.15) is 0 Å². The maximum atomic E-state index is 11.2. The summed E-state index contributed by atoms with van der Waals surface area (Å²) in [5.74, 6) is -0.198. The van der Waals surface area contributed by atoms with E-state index in [9.17, 15) is 4.79 Å². The Morgan fingerprint density at radius 2 is 1.71 bits per heavy atom. The molecule has 0 unspecified atom stereocenters. The summed E-state index contributed by atoms with van der Waals surface area (Å²) in [6, 6.07) is 0. The zero-order valence-electron chi connectivity index (χ0n) is 11.0. The van der Waals surface area contributed by atoms with Gasteiger partial charge in [-0.25, -0.2) is 0 Å². The second-order valence-corrected chi connectivity index (χ2v) is 4.32. The quantitative estimate of drug-likeness (QED) is 0.410. The molecule has 0 amide bonds. The average Bonchev–Trinajstić information content (AvgIpc) is 2.33. The number of aliphatic hydroxyl groups is 1. The molecular weight excluding hydrogens is 218 g/mol. The first-order chi connectivity index (χ1) is 8.31. The van der Waals surface area contributed by atoms with Crippen LogP contribution in [-0.2, 0) is 9.63 Å². The minimum atomic E-state index is -0.198. The highest BCUT2D eigenvalue weighted by Crippen LogP contribution is 2.08. The van der Waals surface area contributed by atoms with Gasteiger partial charge in [-0.2, -0.15) is 5.48 Å². The average molecular weight is 245 g/mol. The highest BCUT2D eigenvalue weighted by Gasteiger charge is 2.02. The van der Waals surface area contributed by atoms with Gasteiger partial charge in [-0.1, -0.05) is 45.4 Å². The third-order valence-corrected chi connectivity index (χ3v) is 2.61. The second kappa shape index (κ2) is 13.5. The topological polar surface area (TPSA) is 58.6 Å². The molecule has 0 aromatic rings. The lowest BCUT2D eigenvalue weighted by molar-refractivity contribution is -0.151. The fraction of sp³-hybridized carbons (Fsp3) is 0.923. The third kappa shape index (κ3) is 13.3. The smallest absolute Gasteiger partial charge is 0.324 e. The molecule has 0 fully saturated rings. The van der Waals surface area contributed by atoms with Crippen molar-refractivity contribution in [1.82, 2.24) is 5.48 Å². The Balaban J connectivity index is 3.11. The van der Waals surface area contributed by atoms with Gasteiger partial charge in [0, 0.05) is 19.6 Å². The molecule has 0 heterocycles. The van der Waals surface area contributed by atoms with Gasteiger partial charge in [-0.05, 0) is 12.8 Å². The molecule has 4 heteroatoms. The van der Waals surface area contributed by atoms with Crippen LogP contribution in [0.3, 0.4) is 0 Å². The number of hydrogen-bond donors (Lipinski definition) is 2. The lowest BCUT2D eigenvalue weighted by atomic mass is 10.1. The molecule has 0 saturated carbocycles. The van der Waals surface area contributed by atoms with Gasteiger partial charge in [0.15, 0.2) is 0 Å². The van der Waals surface area contributed by atoms with Gasteiger partial charge in [-0.3, -0.25) is 4.79 Å². The van der Waals surface area contributed by atoms with Crippen molar-refractivity contribution in [3.05, 3.63) is 0 Å². The van der Waals surface area contributed by atoms with E-state index in [-0.39, 0.29) is 12.6 Å². The highest BCUT2D eigenvalue weighted by molar-refractivity contribution is 5.68. The van der Waals surface area contributed by atoms with Gasteiger partial charge in [0.2, 0.25) is 0 Å². The molecule has 17 heavy (non-hydrogen) atoms. The fourth-order valence-electron chi connectivity index (χ4n) is 1.56. The minimum absolute atomic E-state index is 0.113. The largest absolute Gasteiger partial charge is 0.396 e. The molecule has 0 saturated heterocycles. The summed E-state index contributed by atoms with van der Waals surface area (Å²) < 4.78 is 0. The van der Waals surface area contributed by atoms with Crippen molar-refractivity contribution < 1.29 is 14.7 Å². The van der Waals surface area contributed by atoms with Gasteiger partial charge in [0.05, 0.1) is 0 Å². The van der Waals surface area contributed by atoms with Crippen molar-refractivity contribution in [3.8, 4) is 0 Å². The maximum absolute atomic E-state index is 11.2. The van der Waals surface area contributed by atoms with Crippen LogP contribution in [0, 0.1) is 0 Å². The van der Waals surface area contributed by atoms with Crippen molar-refractivity contribution in [2.45, 2.75) is 64.7 Å². The summed E-state index contributed by atoms with van der Waals surface area (Å²) in [4.78, 5) is 16.0. The van der Waals surface area contributed by atoms with Crippen LogP contribution in [0.25, 0.3) is 0 Å². The van der Waals surface area contributed by atoms with E-state index >= 15 is 0 Å². The molecule has 0 aliphatic carbocycles. The third-order valence-electron chi connectivity index (χ3n) is 2.61. The van der Waals surface area contributed by atoms with Crippen molar-refractivity contribution in [2.75, 3.05) is 13.2 Å². The van der Waals surface area contributed by atoms with Crippen LogP contribution in [0.2, 0.25) is 0 Å². The maximum Gasteiger partial charge on any atom is 0.324 e. The van der Waals surface area contributed by atoms with E-state index in [4.69, 9.17) is 9.94 Å². The van der Waals surface area contributed by atoms with Crippen molar-refractivity contribution in [1.29, 1.82) is 0 Å². The SMILES string of the molecule is CCCCCCCCCC(=O)ONCCCO. The Kier molecular flexibility index (Phi) is 13.0. The Labute approximate surface area is 105 Å². The first-order valence-corrected chi connectivity index (χ1v) is 6.84. The number of aliphatic hydroxyl groups excluding tert-OH is 1. The van der Waals surface area contributed by atoms with Gasteiger partial charge in [-0.15, -0.1) is 0 Å². The molecule has 0 spiro atoms. The molecule has 4 nitrogen and oxygen atoms in total. The summed E-state index contributed by atoms with van der Waals surface area (Å²) in [5, 5.41) is 8.51. The van der Waals surface area contributed by atoms with E-state index in [1.165, 1.54) is 32.1 Å². The Morgan fingerprint density at radius 3 is 2.35 bits per heavy atom. The summed E-state index contributed by atoms with van der Waals surface area (Å²) in [7, 11) is 0. The number of unbranched alkanes of at least 4 members (excludes halogenated alkanes) is 6. The predicted molar refractivity (Wildman–Crippen MR) is 68.4 cm³/mol. The molecule has 0 aromatic carbocycles.